The summed E-state index contributed by atoms with van der Waals surface area (Å²) in [6.07, 6.45) is 0.938. The topological polar surface area (TPSA) is 72.8 Å². The third kappa shape index (κ3) is 9.21. The van der Waals surface area contributed by atoms with Crippen LogP contribution in [0.3, 0.4) is 0 Å². The van der Waals surface area contributed by atoms with Gasteiger partial charge in [0.2, 0.25) is 0 Å². The first-order valence-electron chi connectivity index (χ1n) is 5.08. The van der Waals surface area contributed by atoms with Crippen LogP contribution < -0.4 is 0 Å². The van der Waals surface area contributed by atoms with Gasteiger partial charge in [-0.2, -0.15) is 0 Å². The van der Waals surface area contributed by atoms with Crippen LogP contribution in [0.25, 0.3) is 0 Å². The normalized spacial score (nSPS) is 10.1. The van der Waals surface area contributed by atoms with Crippen molar-refractivity contribution in [2.45, 2.75) is 45.6 Å². The van der Waals surface area contributed by atoms with Crippen molar-refractivity contribution in [3.8, 4) is 0 Å². The summed E-state index contributed by atoms with van der Waals surface area (Å²) in [5.41, 5.74) is 0. The van der Waals surface area contributed by atoms with E-state index in [-0.39, 0.29) is 19.1 Å². The predicted octanol–water partition coefficient (Wildman–Crippen LogP) is 1.63. The van der Waals surface area contributed by atoms with Gasteiger partial charge in [0.25, 0.3) is 0 Å². The van der Waals surface area contributed by atoms with E-state index in [0.717, 1.165) is 6.42 Å². The molecule has 0 aliphatic carbocycles. The number of carbonyl (C=O) groups excluding carboxylic acids is 2. The molecule has 0 aromatic rings. The molecule has 0 unspecified atom stereocenters. The summed E-state index contributed by atoms with van der Waals surface area (Å²) in [6.45, 7) is 3.46. The zero-order valence-corrected chi connectivity index (χ0v) is 9.19. The minimum absolute atomic E-state index is 0.116. The van der Waals surface area contributed by atoms with Crippen molar-refractivity contribution in [1.82, 2.24) is 0 Å². The second-order valence-corrected chi connectivity index (χ2v) is 3.42. The van der Waals surface area contributed by atoms with Gasteiger partial charge in [-0.05, 0) is 26.7 Å². The van der Waals surface area contributed by atoms with Crippen molar-refractivity contribution >= 4 is 12.1 Å². The molecule has 0 fully saturated rings. The molecule has 0 saturated heterocycles. The van der Waals surface area contributed by atoms with Crippen molar-refractivity contribution in [1.29, 1.82) is 0 Å². The lowest BCUT2D eigenvalue weighted by Gasteiger charge is -2.06. The van der Waals surface area contributed by atoms with E-state index in [2.05, 4.69) is 9.47 Å². The number of carbonyl (C=O) groups is 2. The Morgan fingerprint density at radius 2 is 1.87 bits per heavy atom. The maximum absolute atomic E-state index is 11.0. The highest BCUT2D eigenvalue weighted by Crippen LogP contribution is 2.02. The summed E-state index contributed by atoms with van der Waals surface area (Å²) >= 11 is 0. The minimum atomic E-state index is -0.947. The van der Waals surface area contributed by atoms with Gasteiger partial charge in [-0.15, -0.1) is 0 Å². The highest BCUT2D eigenvalue weighted by Gasteiger charge is 2.12. The molecule has 88 valence electrons. The molecule has 0 aliphatic rings. The number of ether oxygens (including phenoxy) is 2. The quantitative estimate of drug-likeness (QED) is 0.416. The molecule has 5 nitrogen and oxygen atoms in total. The smallest absolute Gasteiger partial charge is 0.431 e. The maximum atomic E-state index is 11.0. The highest BCUT2D eigenvalue weighted by molar-refractivity contribution is 5.81. The molecule has 0 bridgehead atoms. The Bertz CT molecular complexity index is 200. The van der Waals surface area contributed by atoms with Gasteiger partial charge < -0.3 is 14.6 Å². The minimum Gasteiger partial charge on any atom is -0.431 e. The maximum Gasteiger partial charge on any atom is 0.516 e. The molecular formula is C10H18O5. The monoisotopic (exact) mass is 218 g/mol. The van der Waals surface area contributed by atoms with Crippen LogP contribution in [0, 0.1) is 0 Å². The van der Waals surface area contributed by atoms with E-state index in [0.29, 0.717) is 12.8 Å². The Labute approximate surface area is 89.4 Å². The van der Waals surface area contributed by atoms with Gasteiger partial charge in [-0.1, -0.05) is 6.42 Å². The van der Waals surface area contributed by atoms with Crippen molar-refractivity contribution in [2.75, 3.05) is 6.61 Å². The Morgan fingerprint density at radius 1 is 1.20 bits per heavy atom. The Kier molecular flexibility index (Phi) is 7.62. The van der Waals surface area contributed by atoms with Crippen LogP contribution in [0.2, 0.25) is 0 Å². The third-order valence-corrected chi connectivity index (χ3v) is 1.57. The Hall–Kier alpha value is -1.10. The number of hydrogen-bond donors (Lipinski definition) is 1. The standard InChI is InChI=1S/C10H18O5/c1-8(2)14-10(13)15-9(12)6-4-3-5-7-11/h8,11H,3-7H2,1-2H3. The Balaban J connectivity index is 3.51. The van der Waals surface area contributed by atoms with Gasteiger partial charge in [0, 0.05) is 13.0 Å². The number of unbranched alkanes of at least 4 members (excludes halogenated alkanes) is 2. The van der Waals surface area contributed by atoms with Gasteiger partial charge in [0.1, 0.15) is 0 Å². The van der Waals surface area contributed by atoms with Gasteiger partial charge in [0.15, 0.2) is 0 Å². The average Bonchev–Trinajstić information content (AvgIpc) is 2.10. The largest absolute Gasteiger partial charge is 0.516 e. The lowest BCUT2D eigenvalue weighted by molar-refractivity contribution is -0.140. The average molecular weight is 218 g/mol. The lowest BCUT2D eigenvalue weighted by Crippen LogP contribution is -2.17. The SMILES string of the molecule is CC(C)OC(=O)OC(=O)CCCCCO. The van der Waals surface area contributed by atoms with E-state index < -0.39 is 12.1 Å². The van der Waals surface area contributed by atoms with Gasteiger partial charge in [-0.25, -0.2) is 4.79 Å². The van der Waals surface area contributed by atoms with E-state index in [1.54, 1.807) is 13.8 Å². The van der Waals surface area contributed by atoms with Gasteiger partial charge in [-0.3, -0.25) is 4.79 Å². The fraction of sp³-hybridized carbons (Fsp3) is 0.800. The first-order chi connectivity index (χ1) is 7.06. The van der Waals surface area contributed by atoms with Crippen LogP contribution in [0.4, 0.5) is 4.79 Å². The molecule has 0 radical (unpaired) electrons. The molecule has 0 heterocycles. The molecule has 0 spiro atoms. The second kappa shape index (κ2) is 8.23. The molecule has 15 heavy (non-hydrogen) atoms. The second-order valence-electron chi connectivity index (χ2n) is 3.42. The van der Waals surface area contributed by atoms with Crippen LogP contribution in [-0.2, 0) is 14.3 Å². The zero-order chi connectivity index (χ0) is 11.7. The summed E-state index contributed by atoms with van der Waals surface area (Å²) in [4.78, 5) is 21.9. The van der Waals surface area contributed by atoms with E-state index >= 15 is 0 Å². The molecule has 5 heteroatoms. The molecular weight excluding hydrogens is 200 g/mol. The number of hydrogen-bond acceptors (Lipinski definition) is 5. The Morgan fingerprint density at radius 3 is 2.40 bits per heavy atom. The third-order valence-electron chi connectivity index (χ3n) is 1.57. The summed E-state index contributed by atoms with van der Waals surface area (Å²) < 4.78 is 9.01. The summed E-state index contributed by atoms with van der Waals surface area (Å²) in [5.74, 6) is -0.585. The van der Waals surface area contributed by atoms with Crippen LogP contribution >= 0.6 is 0 Å². The molecule has 0 aromatic heterocycles. The molecule has 1 N–H and O–H groups in total. The first-order valence-corrected chi connectivity index (χ1v) is 5.08. The molecule has 0 aromatic carbocycles. The summed E-state index contributed by atoms with van der Waals surface area (Å²) in [7, 11) is 0. The fourth-order valence-electron chi connectivity index (χ4n) is 0.918. The zero-order valence-electron chi connectivity index (χ0n) is 9.19. The van der Waals surface area contributed by atoms with Crippen LogP contribution in [0.15, 0.2) is 0 Å². The number of aliphatic hydroxyl groups is 1. The van der Waals surface area contributed by atoms with Crippen molar-refractivity contribution < 1.29 is 24.2 Å². The van der Waals surface area contributed by atoms with Gasteiger partial charge in [0.05, 0.1) is 6.10 Å². The van der Waals surface area contributed by atoms with Crippen LogP contribution in [0.1, 0.15) is 39.5 Å². The van der Waals surface area contributed by atoms with E-state index in [9.17, 15) is 9.59 Å². The van der Waals surface area contributed by atoms with Crippen molar-refractivity contribution in [3.05, 3.63) is 0 Å². The fourth-order valence-corrected chi connectivity index (χ4v) is 0.918. The number of rotatable bonds is 6. The predicted molar refractivity (Wildman–Crippen MR) is 53.3 cm³/mol. The van der Waals surface area contributed by atoms with Crippen molar-refractivity contribution in [3.63, 3.8) is 0 Å². The van der Waals surface area contributed by atoms with E-state index in [1.165, 1.54) is 0 Å². The van der Waals surface area contributed by atoms with Crippen molar-refractivity contribution in [2.24, 2.45) is 0 Å². The molecule has 0 amide bonds. The lowest BCUT2D eigenvalue weighted by atomic mass is 10.2. The molecule has 0 saturated carbocycles. The molecule has 0 aliphatic heterocycles. The molecule has 0 rings (SSSR count). The summed E-state index contributed by atoms with van der Waals surface area (Å²) in [6, 6.07) is 0. The van der Waals surface area contributed by atoms with E-state index in [4.69, 9.17) is 5.11 Å². The van der Waals surface area contributed by atoms with Crippen LogP contribution in [0.5, 0.6) is 0 Å². The van der Waals surface area contributed by atoms with Crippen LogP contribution in [-0.4, -0.2) is 29.9 Å². The first kappa shape index (κ1) is 13.9. The number of esters is 1. The van der Waals surface area contributed by atoms with Gasteiger partial charge >= 0.3 is 12.1 Å². The van der Waals surface area contributed by atoms with E-state index in [1.807, 2.05) is 0 Å². The summed E-state index contributed by atoms with van der Waals surface area (Å²) in [5, 5.41) is 8.49. The molecule has 0 atom stereocenters. The highest BCUT2D eigenvalue weighted by atomic mass is 16.7. The number of aliphatic hydroxyl groups excluding tert-OH is 1.